The number of pyridine rings is 1. The lowest BCUT2D eigenvalue weighted by Crippen LogP contribution is -2.48. The molecule has 0 radical (unpaired) electrons. The maximum absolute atomic E-state index is 13.4. The van der Waals surface area contributed by atoms with Crippen molar-refractivity contribution in [2.45, 2.75) is 26.4 Å². The molecule has 2 rings (SSSR count). The third kappa shape index (κ3) is 3.23. The van der Waals surface area contributed by atoms with Crippen LogP contribution >= 0.6 is 0 Å². The Morgan fingerprint density at radius 3 is 2.59 bits per heavy atom. The first-order valence-electron chi connectivity index (χ1n) is 6.22. The maximum atomic E-state index is 13.4. The fourth-order valence-corrected chi connectivity index (χ4v) is 2.18. The molecular weight excluding hydrogens is 217 g/mol. The molecule has 2 heterocycles. The van der Waals surface area contributed by atoms with E-state index in [-0.39, 0.29) is 5.82 Å². The lowest BCUT2D eigenvalue weighted by Gasteiger charge is -2.36. The van der Waals surface area contributed by atoms with E-state index in [9.17, 15) is 4.39 Å². The van der Waals surface area contributed by atoms with Crippen LogP contribution in [0.4, 0.5) is 4.39 Å². The first kappa shape index (κ1) is 12.5. The molecular formula is C13H20FN3. The minimum absolute atomic E-state index is 0.196. The van der Waals surface area contributed by atoms with Crippen LogP contribution in [0.1, 0.15) is 19.5 Å². The zero-order chi connectivity index (χ0) is 12.3. The Morgan fingerprint density at radius 1 is 1.29 bits per heavy atom. The summed E-state index contributed by atoms with van der Waals surface area (Å²) >= 11 is 0. The molecule has 0 N–H and O–H groups in total. The molecule has 1 aromatic heterocycles. The molecule has 1 aliphatic rings. The van der Waals surface area contributed by atoms with Gasteiger partial charge in [-0.3, -0.25) is 14.8 Å². The van der Waals surface area contributed by atoms with Crippen LogP contribution < -0.4 is 0 Å². The number of halogens is 1. The van der Waals surface area contributed by atoms with Crippen molar-refractivity contribution in [1.82, 2.24) is 14.8 Å². The van der Waals surface area contributed by atoms with Gasteiger partial charge in [0.25, 0.3) is 0 Å². The van der Waals surface area contributed by atoms with Gasteiger partial charge in [0, 0.05) is 45.0 Å². The number of hydrogen-bond donors (Lipinski definition) is 0. The van der Waals surface area contributed by atoms with E-state index in [2.05, 4.69) is 28.6 Å². The molecule has 1 aromatic rings. The first-order valence-corrected chi connectivity index (χ1v) is 6.22. The molecule has 0 aliphatic carbocycles. The predicted molar refractivity (Wildman–Crippen MR) is 66.2 cm³/mol. The van der Waals surface area contributed by atoms with E-state index >= 15 is 0 Å². The van der Waals surface area contributed by atoms with Crippen molar-refractivity contribution >= 4 is 0 Å². The van der Waals surface area contributed by atoms with E-state index in [0.717, 1.165) is 26.2 Å². The SMILES string of the molecule is CC(C)N1CCN(Cc2ncccc2F)CC1. The van der Waals surface area contributed by atoms with Crippen LogP contribution in [0, 0.1) is 5.82 Å². The Bertz CT molecular complexity index is 359. The number of piperazine rings is 1. The number of hydrogen-bond acceptors (Lipinski definition) is 3. The Morgan fingerprint density at radius 2 is 2.00 bits per heavy atom. The lowest BCUT2D eigenvalue weighted by molar-refractivity contribution is 0.102. The molecule has 0 unspecified atom stereocenters. The highest BCUT2D eigenvalue weighted by Gasteiger charge is 2.19. The van der Waals surface area contributed by atoms with Crippen LogP contribution in [0.25, 0.3) is 0 Å². The minimum atomic E-state index is -0.196. The molecule has 1 aliphatic heterocycles. The predicted octanol–water partition coefficient (Wildman–Crippen LogP) is 1.75. The second-order valence-electron chi connectivity index (χ2n) is 4.84. The quantitative estimate of drug-likeness (QED) is 0.798. The third-order valence-corrected chi connectivity index (χ3v) is 3.35. The second-order valence-corrected chi connectivity index (χ2v) is 4.84. The molecule has 17 heavy (non-hydrogen) atoms. The summed E-state index contributed by atoms with van der Waals surface area (Å²) in [6, 6.07) is 3.71. The van der Waals surface area contributed by atoms with Gasteiger partial charge in [0.2, 0.25) is 0 Å². The van der Waals surface area contributed by atoms with Crippen molar-refractivity contribution in [2.24, 2.45) is 0 Å². The van der Waals surface area contributed by atoms with Crippen molar-refractivity contribution < 1.29 is 4.39 Å². The van der Waals surface area contributed by atoms with E-state index in [1.54, 1.807) is 12.3 Å². The third-order valence-electron chi connectivity index (χ3n) is 3.35. The van der Waals surface area contributed by atoms with E-state index in [1.807, 2.05) is 0 Å². The van der Waals surface area contributed by atoms with Crippen molar-refractivity contribution in [2.75, 3.05) is 26.2 Å². The molecule has 94 valence electrons. The summed E-state index contributed by atoms with van der Waals surface area (Å²) in [5, 5.41) is 0. The van der Waals surface area contributed by atoms with Crippen LogP contribution in [-0.2, 0) is 6.54 Å². The fourth-order valence-electron chi connectivity index (χ4n) is 2.18. The van der Waals surface area contributed by atoms with Crippen LogP contribution in [0.3, 0.4) is 0 Å². The van der Waals surface area contributed by atoms with Gasteiger partial charge in [0.15, 0.2) is 0 Å². The van der Waals surface area contributed by atoms with Crippen LogP contribution in [0.5, 0.6) is 0 Å². The second kappa shape index (κ2) is 5.56. The topological polar surface area (TPSA) is 19.4 Å². The van der Waals surface area contributed by atoms with Crippen LogP contribution in [-0.4, -0.2) is 47.0 Å². The van der Waals surface area contributed by atoms with Gasteiger partial charge in [-0.25, -0.2) is 4.39 Å². The van der Waals surface area contributed by atoms with Gasteiger partial charge in [0.05, 0.1) is 5.69 Å². The largest absolute Gasteiger partial charge is 0.298 e. The Labute approximate surface area is 102 Å². The van der Waals surface area contributed by atoms with Crippen molar-refractivity contribution in [3.05, 3.63) is 29.8 Å². The molecule has 1 saturated heterocycles. The van der Waals surface area contributed by atoms with Crippen molar-refractivity contribution in [3.8, 4) is 0 Å². The van der Waals surface area contributed by atoms with Crippen molar-refractivity contribution in [1.29, 1.82) is 0 Å². The molecule has 0 amide bonds. The molecule has 4 heteroatoms. The van der Waals surface area contributed by atoms with Gasteiger partial charge in [-0.05, 0) is 26.0 Å². The molecule has 0 aromatic carbocycles. The summed E-state index contributed by atoms with van der Waals surface area (Å²) in [6.45, 7) is 9.17. The lowest BCUT2D eigenvalue weighted by atomic mass is 10.2. The van der Waals surface area contributed by atoms with Crippen molar-refractivity contribution in [3.63, 3.8) is 0 Å². The molecule has 0 spiro atoms. The standard InChI is InChI=1S/C13H20FN3/c1-11(2)17-8-6-16(7-9-17)10-13-12(14)4-3-5-15-13/h3-5,11H,6-10H2,1-2H3. The molecule has 0 bridgehead atoms. The Balaban J connectivity index is 1.88. The summed E-state index contributed by atoms with van der Waals surface area (Å²) in [5.41, 5.74) is 0.561. The van der Waals surface area contributed by atoms with Gasteiger partial charge in [-0.1, -0.05) is 0 Å². The smallest absolute Gasteiger partial charge is 0.146 e. The zero-order valence-electron chi connectivity index (χ0n) is 10.6. The average molecular weight is 237 g/mol. The molecule has 3 nitrogen and oxygen atoms in total. The average Bonchev–Trinajstić information content (AvgIpc) is 2.33. The highest BCUT2D eigenvalue weighted by atomic mass is 19.1. The maximum Gasteiger partial charge on any atom is 0.146 e. The van der Waals surface area contributed by atoms with Gasteiger partial charge < -0.3 is 0 Å². The number of nitrogens with zero attached hydrogens (tertiary/aromatic N) is 3. The normalized spacial score (nSPS) is 18.8. The van der Waals surface area contributed by atoms with E-state index < -0.39 is 0 Å². The highest BCUT2D eigenvalue weighted by Crippen LogP contribution is 2.11. The van der Waals surface area contributed by atoms with Crippen LogP contribution in [0.15, 0.2) is 18.3 Å². The molecule has 0 saturated carbocycles. The van der Waals surface area contributed by atoms with Gasteiger partial charge >= 0.3 is 0 Å². The summed E-state index contributed by atoms with van der Waals surface area (Å²) in [5.74, 6) is -0.196. The summed E-state index contributed by atoms with van der Waals surface area (Å²) in [4.78, 5) is 8.81. The van der Waals surface area contributed by atoms with Gasteiger partial charge in [-0.15, -0.1) is 0 Å². The highest BCUT2D eigenvalue weighted by molar-refractivity contribution is 5.07. The summed E-state index contributed by atoms with van der Waals surface area (Å²) in [7, 11) is 0. The van der Waals surface area contributed by atoms with E-state index in [1.165, 1.54) is 6.07 Å². The van der Waals surface area contributed by atoms with Gasteiger partial charge in [0.1, 0.15) is 5.82 Å². The Hall–Kier alpha value is -1.00. The summed E-state index contributed by atoms with van der Waals surface area (Å²) < 4.78 is 13.4. The summed E-state index contributed by atoms with van der Waals surface area (Å²) in [6.07, 6.45) is 1.66. The van der Waals surface area contributed by atoms with Gasteiger partial charge in [-0.2, -0.15) is 0 Å². The zero-order valence-corrected chi connectivity index (χ0v) is 10.6. The molecule has 1 fully saturated rings. The Kier molecular flexibility index (Phi) is 4.07. The first-order chi connectivity index (χ1) is 8.16. The van der Waals surface area contributed by atoms with E-state index in [4.69, 9.17) is 0 Å². The number of aromatic nitrogens is 1. The fraction of sp³-hybridized carbons (Fsp3) is 0.615. The number of rotatable bonds is 3. The van der Waals surface area contributed by atoms with E-state index in [0.29, 0.717) is 18.3 Å². The molecule has 0 atom stereocenters. The monoisotopic (exact) mass is 237 g/mol. The minimum Gasteiger partial charge on any atom is -0.298 e. The van der Waals surface area contributed by atoms with Crippen LogP contribution in [0.2, 0.25) is 0 Å².